The van der Waals surface area contributed by atoms with Crippen LogP contribution in [0.15, 0.2) is 0 Å². The van der Waals surface area contributed by atoms with E-state index in [-0.39, 0.29) is 23.1 Å². The molecule has 2 rings (SSSR count). The maximum atomic E-state index is 12.2. The summed E-state index contributed by atoms with van der Waals surface area (Å²) in [5, 5.41) is 2.52. The quantitative estimate of drug-likeness (QED) is 0.775. The van der Waals surface area contributed by atoms with Crippen molar-refractivity contribution in [2.24, 2.45) is 17.3 Å². The van der Waals surface area contributed by atoms with Gasteiger partial charge in [0.25, 0.3) is 0 Å². The Balaban J connectivity index is 2.19. The van der Waals surface area contributed by atoms with Crippen LogP contribution in [0.4, 0.5) is 0 Å². The second-order valence-corrected chi connectivity index (χ2v) is 6.80. The average Bonchev–Trinajstić information content (AvgIpc) is 2.27. The highest BCUT2D eigenvalue weighted by Gasteiger charge is 2.50. The zero-order valence-electron chi connectivity index (χ0n) is 12.5. The molecule has 0 aromatic rings. The maximum Gasteiger partial charge on any atom is 0.230 e. The number of hydrogen-bond acceptors (Lipinski definition) is 3. The van der Waals surface area contributed by atoms with E-state index in [1.165, 1.54) is 0 Å². The molecule has 2 aliphatic heterocycles. The molecule has 1 atom stereocenters. The fourth-order valence-corrected chi connectivity index (χ4v) is 3.95. The van der Waals surface area contributed by atoms with Crippen molar-refractivity contribution in [3.8, 4) is 0 Å². The summed E-state index contributed by atoms with van der Waals surface area (Å²) in [6.07, 6.45) is 2.45. The Bertz CT molecular complexity index is 368. The zero-order chi connectivity index (χ0) is 14.2. The minimum Gasteiger partial charge on any atom is -0.301 e. The smallest absolute Gasteiger partial charge is 0.230 e. The lowest BCUT2D eigenvalue weighted by Gasteiger charge is -2.50. The van der Waals surface area contributed by atoms with Crippen LogP contribution in [-0.4, -0.2) is 35.8 Å². The van der Waals surface area contributed by atoms with Gasteiger partial charge < -0.3 is 4.90 Å². The number of piperidine rings is 2. The Labute approximate surface area is 115 Å². The van der Waals surface area contributed by atoms with E-state index >= 15 is 0 Å². The number of imide groups is 1. The number of amides is 2. The van der Waals surface area contributed by atoms with E-state index in [1.807, 2.05) is 0 Å². The van der Waals surface area contributed by atoms with Gasteiger partial charge in [0, 0.05) is 18.4 Å². The van der Waals surface area contributed by atoms with Gasteiger partial charge in [-0.05, 0) is 51.1 Å². The van der Waals surface area contributed by atoms with Crippen LogP contribution < -0.4 is 5.32 Å². The summed E-state index contributed by atoms with van der Waals surface area (Å²) in [5.41, 5.74) is -0.0982. The molecule has 4 nitrogen and oxygen atoms in total. The Morgan fingerprint density at radius 1 is 1.16 bits per heavy atom. The van der Waals surface area contributed by atoms with E-state index in [0.717, 1.165) is 25.9 Å². The largest absolute Gasteiger partial charge is 0.301 e. The number of nitrogens with one attached hydrogen (secondary N) is 1. The van der Waals surface area contributed by atoms with Crippen molar-refractivity contribution < 1.29 is 9.59 Å². The molecule has 0 radical (unpaired) electrons. The predicted octanol–water partition coefficient (Wildman–Crippen LogP) is 1.80. The first-order valence-corrected chi connectivity index (χ1v) is 7.43. The highest BCUT2D eigenvalue weighted by molar-refractivity contribution is 5.99. The monoisotopic (exact) mass is 266 g/mol. The van der Waals surface area contributed by atoms with Gasteiger partial charge in [-0.3, -0.25) is 14.9 Å². The molecule has 0 aliphatic carbocycles. The summed E-state index contributed by atoms with van der Waals surface area (Å²) in [4.78, 5) is 26.4. The summed E-state index contributed by atoms with van der Waals surface area (Å²) in [6.45, 7) is 10.6. The van der Waals surface area contributed by atoms with Crippen LogP contribution in [0.5, 0.6) is 0 Å². The second kappa shape index (κ2) is 5.23. The van der Waals surface area contributed by atoms with Gasteiger partial charge in [0.1, 0.15) is 0 Å². The van der Waals surface area contributed by atoms with Crippen LogP contribution in [0.3, 0.4) is 0 Å². The normalized spacial score (nSPS) is 28.2. The lowest BCUT2D eigenvalue weighted by Crippen LogP contribution is -2.57. The molecule has 1 unspecified atom stereocenters. The van der Waals surface area contributed by atoms with Crippen molar-refractivity contribution >= 4 is 11.8 Å². The molecule has 0 aromatic carbocycles. The first-order chi connectivity index (χ1) is 8.85. The fourth-order valence-electron chi connectivity index (χ4n) is 3.95. The summed E-state index contributed by atoms with van der Waals surface area (Å²) in [7, 11) is 0. The number of nitrogens with zero attached hydrogens (tertiary/aromatic N) is 1. The topological polar surface area (TPSA) is 49.4 Å². The molecule has 4 heteroatoms. The molecular weight excluding hydrogens is 240 g/mol. The molecule has 0 aromatic heterocycles. The summed E-state index contributed by atoms with van der Waals surface area (Å²) in [6, 6.07) is 0.544. The van der Waals surface area contributed by atoms with Gasteiger partial charge in [0.05, 0.1) is 0 Å². The van der Waals surface area contributed by atoms with E-state index in [0.29, 0.717) is 18.4 Å². The van der Waals surface area contributed by atoms with E-state index in [4.69, 9.17) is 0 Å². The number of carbonyl (C=O) groups is 2. The van der Waals surface area contributed by atoms with Gasteiger partial charge >= 0.3 is 0 Å². The molecule has 2 aliphatic rings. The molecule has 108 valence electrons. The predicted molar refractivity (Wildman–Crippen MR) is 74.5 cm³/mol. The summed E-state index contributed by atoms with van der Waals surface area (Å²) >= 11 is 0. The Kier molecular flexibility index (Phi) is 4.00. The molecule has 0 saturated carbocycles. The van der Waals surface area contributed by atoms with Crippen molar-refractivity contribution in [3.63, 3.8) is 0 Å². The first kappa shape index (κ1) is 14.5. The number of rotatable bonds is 2. The van der Waals surface area contributed by atoms with Crippen molar-refractivity contribution in [2.45, 2.75) is 53.0 Å². The van der Waals surface area contributed by atoms with Gasteiger partial charge in [-0.2, -0.15) is 0 Å². The van der Waals surface area contributed by atoms with Gasteiger partial charge in [-0.1, -0.05) is 13.8 Å². The average molecular weight is 266 g/mol. The molecule has 1 spiro atoms. The molecule has 2 saturated heterocycles. The SMILES string of the molecule is CC(C)C1C(=O)NC(=O)CC12CCN(C(C)C)CC2. The third-order valence-corrected chi connectivity index (χ3v) is 4.91. The van der Waals surface area contributed by atoms with E-state index in [2.05, 4.69) is 37.9 Å². The molecule has 2 fully saturated rings. The van der Waals surface area contributed by atoms with Crippen LogP contribution in [0.2, 0.25) is 0 Å². The molecular formula is C15H26N2O2. The Hall–Kier alpha value is -0.900. The Morgan fingerprint density at radius 2 is 1.74 bits per heavy atom. The van der Waals surface area contributed by atoms with Crippen molar-refractivity contribution in [1.29, 1.82) is 0 Å². The lowest BCUT2D eigenvalue weighted by molar-refractivity contribution is -0.149. The van der Waals surface area contributed by atoms with Crippen LogP contribution in [0.25, 0.3) is 0 Å². The highest BCUT2D eigenvalue weighted by atomic mass is 16.2. The maximum absolute atomic E-state index is 12.2. The summed E-state index contributed by atoms with van der Waals surface area (Å²) < 4.78 is 0. The molecule has 0 bridgehead atoms. The molecule has 1 N–H and O–H groups in total. The lowest BCUT2D eigenvalue weighted by atomic mass is 9.61. The van der Waals surface area contributed by atoms with Crippen LogP contribution in [-0.2, 0) is 9.59 Å². The fraction of sp³-hybridized carbons (Fsp3) is 0.867. The molecule has 2 heterocycles. The van der Waals surface area contributed by atoms with Gasteiger partial charge in [-0.25, -0.2) is 0 Å². The van der Waals surface area contributed by atoms with E-state index < -0.39 is 0 Å². The van der Waals surface area contributed by atoms with E-state index in [1.54, 1.807) is 0 Å². The standard InChI is InChI=1S/C15H26N2O2/c1-10(2)13-14(19)16-12(18)9-15(13)5-7-17(8-6-15)11(3)4/h10-11,13H,5-9H2,1-4H3,(H,16,18,19). The van der Waals surface area contributed by atoms with Crippen molar-refractivity contribution in [3.05, 3.63) is 0 Å². The summed E-state index contributed by atoms with van der Waals surface area (Å²) in [5.74, 6) is 0.141. The Morgan fingerprint density at radius 3 is 2.21 bits per heavy atom. The number of carbonyl (C=O) groups excluding carboxylic acids is 2. The van der Waals surface area contributed by atoms with Crippen molar-refractivity contribution in [2.75, 3.05) is 13.1 Å². The second-order valence-electron chi connectivity index (χ2n) is 6.80. The van der Waals surface area contributed by atoms with Crippen molar-refractivity contribution in [1.82, 2.24) is 10.2 Å². The highest BCUT2D eigenvalue weighted by Crippen LogP contribution is 2.47. The molecule has 2 amide bonds. The van der Waals surface area contributed by atoms with Gasteiger partial charge in [0.15, 0.2) is 0 Å². The van der Waals surface area contributed by atoms with Crippen LogP contribution in [0.1, 0.15) is 47.0 Å². The minimum absolute atomic E-state index is 0.0143. The number of likely N-dealkylation sites (tertiary alicyclic amines) is 1. The number of hydrogen-bond donors (Lipinski definition) is 1. The van der Waals surface area contributed by atoms with E-state index in [9.17, 15) is 9.59 Å². The van der Waals surface area contributed by atoms with Gasteiger partial charge in [-0.15, -0.1) is 0 Å². The zero-order valence-corrected chi connectivity index (χ0v) is 12.5. The van der Waals surface area contributed by atoms with Crippen LogP contribution in [0, 0.1) is 17.3 Å². The third-order valence-electron chi connectivity index (χ3n) is 4.91. The third kappa shape index (κ3) is 2.69. The molecule has 19 heavy (non-hydrogen) atoms. The van der Waals surface area contributed by atoms with Crippen LogP contribution >= 0.6 is 0 Å². The minimum atomic E-state index is -0.0982. The first-order valence-electron chi connectivity index (χ1n) is 7.43. The van der Waals surface area contributed by atoms with Gasteiger partial charge in [0.2, 0.25) is 11.8 Å².